The summed E-state index contributed by atoms with van der Waals surface area (Å²) in [7, 11) is 0. The molecule has 3 aromatic rings. The van der Waals surface area contributed by atoms with E-state index in [4.69, 9.17) is 35.4 Å². The second-order valence-electron chi connectivity index (χ2n) is 5.09. The van der Waals surface area contributed by atoms with E-state index in [1.165, 1.54) is 0 Å². The maximum Gasteiger partial charge on any atom is 0.175 e. The first-order valence-corrected chi connectivity index (χ1v) is 9.45. The number of nitrogens with one attached hydrogen (secondary N) is 2. The van der Waals surface area contributed by atoms with Crippen molar-refractivity contribution in [3.8, 4) is 0 Å². The maximum atomic E-state index is 6.19. The highest BCUT2D eigenvalue weighted by Gasteiger charge is 2.09. The Morgan fingerprint density at radius 2 is 1.40 bits per heavy atom. The molecule has 0 aromatic heterocycles. The fourth-order valence-corrected chi connectivity index (χ4v) is 3.64. The molecule has 0 aliphatic carbocycles. The summed E-state index contributed by atoms with van der Waals surface area (Å²) in [6.45, 7) is 0. The lowest BCUT2D eigenvalue weighted by Crippen LogP contribution is -2.19. The van der Waals surface area contributed by atoms with Crippen LogP contribution in [0.15, 0.2) is 82.6 Å². The minimum absolute atomic E-state index is 0.445. The van der Waals surface area contributed by atoms with Gasteiger partial charge in [0, 0.05) is 9.79 Å². The van der Waals surface area contributed by atoms with Crippen molar-refractivity contribution in [2.24, 2.45) is 0 Å². The number of hydrogen-bond donors (Lipinski definition) is 2. The Hall–Kier alpha value is -1.72. The van der Waals surface area contributed by atoms with E-state index in [0.29, 0.717) is 20.8 Å². The van der Waals surface area contributed by atoms with E-state index >= 15 is 0 Å². The monoisotopic (exact) mass is 404 g/mol. The number of para-hydroxylation sites is 1. The third-order valence-corrected chi connectivity index (χ3v) is 5.41. The van der Waals surface area contributed by atoms with E-state index < -0.39 is 0 Å². The van der Waals surface area contributed by atoms with Crippen molar-refractivity contribution >= 4 is 63.7 Å². The minimum atomic E-state index is 0.445. The summed E-state index contributed by atoms with van der Waals surface area (Å²) in [4.78, 5) is 2.24. The number of benzene rings is 3. The van der Waals surface area contributed by atoms with Gasteiger partial charge in [0.15, 0.2) is 5.11 Å². The highest BCUT2D eigenvalue weighted by molar-refractivity contribution is 7.99. The number of anilines is 2. The molecule has 0 radical (unpaired) electrons. The fourth-order valence-electron chi connectivity index (χ4n) is 2.15. The Bertz CT molecular complexity index is 886. The molecule has 3 rings (SSSR count). The normalized spacial score (nSPS) is 10.3. The van der Waals surface area contributed by atoms with Crippen molar-refractivity contribution in [1.82, 2.24) is 0 Å². The van der Waals surface area contributed by atoms with Gasteiger partial charge in [-0.25, -0.2) is 0 Å². The lowest BCUT2D eigenvalue weighted by Gasteiger charge is -2.15. The predicted molar refractivity (Wildman–Crippen MR) is 113 cm³/mol. The molecule has 126 valence electrons. The Kier molecular flexibility index (Phi) is 6.21. The first-order chi connectivity index (χ1) is 12.1. The van der Waals surface area contributed by atoms with E-state index in [0.717, 1.165) is 15.5 Å². The third-order valence-electron chi connectivity index (χ3n) is 3.31. The Balaban J connectivity index is 1.74. The van der Waals surface area contributed by atoms with Gasteiger partial charge in [0.25, 0.3) is 0 Å². The summed E-state index contributed by atoms with van der Waals surface area (Å²) in [5, 5.41) is 7.68. The molecule has 0 saturated carbocycles. The van der Waals surface area contributed by atoms with Crippen molar-refractivity contribution in [2.75, 3.05) is 10.6 Å². The van der Waals surface area contributed by atoms with Crippen LogP contribution in [-0.2, 0) is 0 Å². The molecule has 0 spiro atoms. The number of hydrogen-bond acceptors (Lipinski definition) is 2. The molecule has 0 atom stereocenters. The van der Waals surface area contributed by atoms with E-state index in [1.54, 1.807) is 17.8 Å². The van der Waals surface area contributed by atoms with Gasteiger partial charge in [-0.3, -0.25) is 0 Å². The van der Waals surface area contributed by atoms with Gasteiger partial charge in [-0.15, -0.1) is 0 Å². The fraction of sp³-hybridized carbons (Fsp3) is 0. The molecular weight excluding hydrogens is 391 g/mol. The topological polar surface area (TPSA) is 24.1 Å². The van der Waals surface area contributed by atoms with Crippen LogP contribution >= 0.6 is 47.2 Å². The average molecular weight is 405 g/mol. The van der Waals surface area contributed by atoms with E-state index in [2.05, 4.69) is 28.8 Å². The van der Waals surface area contributed by atoms with Gasteiger partial charge in [-0.1, -0.05) is 71.4 Å². The van der Waals surface area contributed by atoms with Crippen LogP contribution < -0.4 is 10.6 Å². The molecule has 6 heteroatoms. The van der Waals surface area contributed by atoms with Gasteiger partial charge in [-0.05, 0) is 48.6 Å². The second kappa shape index (κ2) is 8.59. The molecule has 0 heterocycles. The van der Waals surface area contributed by atoms with Crippen LogP contribution in [0.1, 0.15) is 0 Å². The van der Waals surface area contributed by atoms with E-state index in [1.807, 2.05) is 48.5 Å². The highest BCUT2D eigenvalue weighted by atomic mass is 35.5. The molecule has 2 N–H and O–H groups in total. The summed E-state index contributed by atoms with van der Waals surface area (Å²) in [5.74, 6) is 0. The van der Waals surface area contributed by atoms with Gasteiger partial charge in [-0.2, -0.15) is 0 Å². The lowest BCUT2D eigenvalue weighted by molar-refractivity contribution is 1.40. The number of rotatable bonds is 4. The van der Waals surface area contributed by atoms with Crippen LogP contribution in [0.5, 0.6) is 0 Å². The molecule has 0 fully saturated rings. The zero-order valence-corrected chi connectivity index (χ0v) is 16.1. The number of halogens is 2. The smallest absolute Gasteiger partial charge is 0.175 e. The maximum absolute atomic E-state index is 6.19. The molecule has 0 bridgehead atoms. The SMILES string of the molecule is S=C(Nc1ccccc1Sc1ccccc1)Nc1cccc(Cl)c1Cl. The van der Waals surface area contributed by atoms with Crippen LogP contribution in [0.2, 0.25) is 10.0 Å². The van der Waals surface area contributed by atoms with Gasteiger partial charge >= 0.3 is 0 Å². The van der Waals surface area contributed by atoms with Crippen LogP contribution in [0, 0.1) is 0 Å². The molecule has 2 nitrogen and oxygen atoms in total. The predicted octanol–water partition coefficient (Wildman–Crippen LogP) is 6.95. The molecule has 0 saturated heterocycles. The quantitative estimate of drug-likeness (QED) is 0.459. The van der Waals surface area contributed by atoms with Gasteiger partial charge in [0.2, 0.25) is 0 Å². The molecular formula is C19H14Cl2N2S2. The Morgan fingerprint density at radius 3 is 2.20 bits per heavy atom. The molecule has 25 heavy (non-hydrogen) atoms. The summed E-state index contributed by atoms with van der Waals surface area (Å²) < 4.78 is 0. The van der Waals surface area contributed by atoms with Gasteiger partial charge in [0.05, 0.1) is 21.4 Å². The Morgan fingerprint density at radius 1 is 0.760 bits per heavy atom. The van der Waals surface area contributed by atoms with Crippen LogP contribution in [0.3, 0.4) is 0 Å². The average Bonchev–Trinajstić information content (AvgIpc) is 2.62. The van der Waals surface area contributed by atoms with Crippen molar-refractivity contribution in [3.05, 3.63) is 82.8 Å². The van der Waals surface area contributed by atoms with E-state index in [9.17, 15) is 0 Å². The largest absolute Gasteiger partial charge is 0.332 e. The number of thiocarbonyl (C=S) groups is 1. The summed E-state index contributed by atoms with van der Waals surface area (Å²) in [6.07, 6.45) is 0. The molecule has 0 aliphatic rings. The zero-order chi connectivity index (χ0) is 17.6. The molecule has 0 unspecified atom stereocenters. The zero-order valence-electron chi connectivity index (χ0n) is 13.0. The molecule has 3 aromatic carbocycles. The molecule has 0 amide bonds. The first kappa shape index (κ1) is 18.1. The molecule has 0 aliphatic heterocycles. The van der Waals surface area contributed by atoms with Crippen LogP contribution in [0.4, 0.5) is 11.4 Å². The third kappa shape index (κ3) is 4.89. The Labute approximate surface area is 166 Å². The second-order valence-corrected chi connectivity index (χ2v) is 7.40. The summed E-state index contributed by atoms with van der Waals surface area (Å²) >= 11 is 19.3. The van der Waals surface area contributed by atoms with E-state index in [-0.39, 0.29) is 0 Å². The van der Waals surface area contributed by atoms with Crippen molar-refractivity contribution < 1.29 is 0 Å². The standard InChI is InChI=1S/C19H14Cl2N2S2/c20-14-9-6-11-16(18(14)21)23-19(24)22-15-10-4-5-12-17(15)25-13-7-2-1-3-8-13/h1-12H,(H2,22,23,24). The summed E-state index contributed by atoms with van der Waals surface area (Å²) in [6, 6.07) is 23.6. The summed E-state index contributed by atoms with van der Waals surface area (Å²) in [5.41, 5.74) is 1.59. The highest BCUT2D eigenvalue weighted by Crippen LogP contribution is 2.34. The van der Waals surface area contributed by atoms with Gasteiger partial charge < -0.3 is 10.6 Å². The lowest BCUT2D eigenvalue weighted by atomic mass is 10.3. The first-order valence-electron chi connectivity index (χ1n) is 7.47. The van der Waals surface area contributed by atoms with Crippen molar-refractivity contribution in [3.63, 3.8) is 0 Å². The van der Waals surface area contributed by atoms with Crippen molar-refractivity contribution in [1.29, 1.82) is 0 Å². The minimum Gasteiger partial charge on any atom is -0.332 e. The van der Waals surface area contributed by atoms with Crippen LogP contribution in [-0.4, -0.2) is 5.11 Å². The van der Waals surface area contributed by atoms with Gasteiger partial charge in [0.1, 0.15) is 0 Å². The van der Waals surface area contributed by atoms with Crippen molar-refractivity contribution in [2.45, 2.75) is 9.79 Å². The van der Waals surface area contributed by atoms with Crippen LogP contribution in [0.25, 0.3) is 0 Å².